The van der Waals surface area contributed by atoms with Crippen molar-refractivity contribution in [2.75, 3.05) is 20.6 Å². The van der Waals surface area contributed by atoms with Gasteiger partial charge in [0.2, 0.25) is 9.84 Å². The average Bonchev–Trinajstić information content (AvgIpc) is 3.13. The van der Waals surface area contributed by atoms with Crippen molar-refractivity contribution < 1.29 is 8.42 Å². The summed E-state index contributed by atoms with van der Waals surface area (Å²) in [6.07, 6.45) is 1.77. The summed E-state index contributed by atoms with van der Waals surface area (Å²) in [5, 5.41) is 2.58. The quantitative estimate of drug-likeness (QED) is 0.720. The van der Waals surface area contributed by atoms with E-state index in [4.69, 9.17) is 0 Å². The van der Waals surface area contributed by atoms with Crippen LogP contribution in [0.1, 0.15) is 0 Å². The Hall–Kier alpha value is -1.63. The van der Waals surface area contributed by atoms with E-state index in [1.807, 2.05) is 42.9 Å². The zero-order valence-electron chi connectivity index (χ0n) is 12.6. The van der Waals surface area contributed by atoms with Crippen LogP contribution in [-0.4, -0.2) is 38.5 Å². The Bertz CT molecular complexity index is 878. The van der Waals surface area contributed by atoms with E-state index in [2.05, 4.69) is 4.90 Å². The topological polar surface area (TPSA) is 42.3 Å². The Labute approximate surface area is 134 Å². The fourth-order valence-electron chi connectivity index (χ4n) is 2.44. The van der Waals surface area contributed by atoms with Crippen molar-refractivity contribution in [3.63, 3.8) is 0 Å². The van der Waals surface area contributed by atoms with E-state index < -0.39 is 9.84 Å². The molecule has 1 aromatic carbocycles. The molecule has 0 amide bonds. The van der Waals surface area contributed by atoms with Gasteiger partial charge >= 0.3 is 0 Å². The number of sulfone groups is 1. The highest BCUT2D eigenvalue weighted by Gasteiger charge is 2.23. The highest BCUT2D eigenvalue weighted by molar-refractivity contribution is 7.93. The SMILES string of the molecule is CN(C)CCn1cc(S(=O)(=O)c2cccs2)c2ccccc21. The zero-order valence-corrected chi connectivity index (χ0v) is 14.2. The van der Waals surface area contributed by atoms with Crippen molar-refractivity contribution in [1.82, 2.24) is 9.47 Å². The summed E-state index contributed by atoms with van der Waals surface area (Å²) in [6, 6.07) is 11.1. The summed E-state index contributed by atoms with van der Waals surface area (Å²) in [4.78, 5) is 2.48. The van der Waals surface area contributed by atoms with Crippen molar-refractivity contribution in [2.45, 2.75) is 15.6 Å². The lowest BCUT2D eigenvalue weighted by atomic mass is 10.2. The predicted molar refractivity (Wildman–Crippen MR) is 90.3 cm³/mol. The number of aromatic nitrogens is 1. The third-order valence-corrected chi connectivity index (χ3v) is 6.77. The van der Waals surface area contributed by atoms with Crippen LogP contribution in [0.25, 0.3) is 10.9 Å². The van der Waals surface area contributed by atoms with Gasteiger partial charge in [-0.25, -0.2) is 8.42 Å². The fraction of sp³-hybridized carbons (Fsp3) is 0.250. The van der Waals surface area contributed by atoms with E-state index in [0.29, 0.717) is 9.10 Å². The second kappa shape index (κ2) is 5.87. The maximum absolute atomic E-state index is 12.8. The molecule has 0 aliphatic rings. The molecule has 22 heavy (non-hydrogen) atoms. The minimum Gasteiger partial charge on any atom is -0.345 e. The molecule has 6 heteroatoms. The first-order chi connectivity index (χ1) is 10.5. The molecule has 3 rings (SSSR count). The van der Waals surface area contributed by atoms with Gasteiger partial charge in [-0.1, -0.05) is 24.3 Å². The molecular formula is C16H18N2O2S2. The van der Waals surface area contributed by atoms with Gasteiger partial charge in [-0.3, -0.25) is 0 Å². The predicted octanol–water partition coefficient (Wildman–Crippen LogP) is 3.10. The van der Waals surface area contributed by atoms with E-state index in [-0.39, 0.29) is 0 Å². The largest absolute Gasteiger partial charge is 0.345 e. The molecule has 0 saturated carbocycles. The van der Waals surface area contributed by atoms with Crippen molar-refractivity contribution >= 4 is 32.1 Å². The minimum absolute atomic E-state index is 0.392. The summed E-state index contributed by atoms with van der Waals surface area (Å²) >= 11 is 1.26. The normalized spacial score (nSPS) is 12.3. The molecule has 0 aliphatic carbocycles. The average molecular weight is 334 g/mol. The first-order valence-electron chi connectivity index (χ1n) is 7.01. The number of hydrogen-bond acceptors (Lipinski definition) is 4. The smallest absolute Gasteiger partial charge is 0.218 e. The Morgan fingerprint density at radius 1 is 1.14 bits per heavy atom. The monoisotopic (exact) mass is 334 g/mol. The molecule has 0 unspecified atom stereocenters. The first-order valence-corrected chi connectivity index (χ1v) is 9.37. The van der Waals surface area contributed by atoms with Gasteiger partial charge in [-0.05, 0) is 31.6 Å². The lowest BCUT2D eigenvalue weighted by Gasteiger charge is -2.10. The molecule has 3 aromatic rings. The van der Waals surface area contributed by atoms with Crippen LogP contribution in [0, 0.1) is 0 Å². The number of rotatable bonds is 5. The molecule has 0 atom stereocenters. The molecule has 116 valence electrons. The van der Waals surface area contributed by atoms with Gasteiger partial charge in [-0.2, -0.15) is 0 Å². The van der Waals surface area contributed by atoms with Gasteiger partial charge in [0, 0.05) is 30.2 Å². The Kier molecular flexibility index (Phi) is 4.08. The van der Waals surface area contributed by atoms with Crippen LogP contribution in [0.15, 0.2) is 57.1 Å². The van der Waals surface area contributed by atoms with Crippen LogP contribution >= 0.6 is 11.3 Å². The molecule has 2 aromatic heterocycles. The zero-order chi connectivity index (χ0) is 15.7. The van der Waals surface area contributed by atoms with Crippen molar-refractivity contribution in [3.05, 3.63) is 48.0 Å². The van der Waals surface area contributed by atoms with Crippen LogP contribution in [0.2, 0.25) is 0 Å². The number of thiophene rings is 1. The molecule has 0 aliphatic heterocycles. The molecule has 0 radical (unpaired) electrons. The van der Waals surface area contributed by atoms with Gasteiger partial charge in [-0.15, -0.1) is 11.3 Å². The standard InChI is InChI=1S/C16H18N2O2S2/c1-17(2)9-10-18-12-15(13-6-3-4-7-14(13)18)22(19,20)16-8-5-11-21-16/h3-8,11-12H,9-10H2,1-2H3. The third kappa shape index (κ3) is 2.69. The Morgan fingerprint density at radius 2 is 1.91 bits per heavy atom. The highest BCUT2D eigenvalue weighted by Crippen LogP contribution is 2.32. The molecule has 2 heterocycles. The van der Waals surface area contributed by atoms with Gasteiger partial charge < -0.3 is 9.47 Å². The molecule has 0 saturated heterocycles. The Morgan fingerprint density at radius 3 is 2.59 bits per heavy atom. The maximum atomic E-state index is 12.8. The van der Waals surface area contributed by atoms with Crippen molar-refractivity contribution in [1.29, 1.82) is 0 Å². The summed E-state index contributed by atoms with van der Waals surface area (Å²) in [7, 11) is 0.562. The second-order valence-corrected chi connectivity index (χ2v) is 8.54. The van der Waals surface area contributed by atoms with Crippen molar-refractivity contribution in [2.24, 2.45) is 0 Å². The van der Waals surface area contributed by atoms with Gasteiger partial charge in [0.25, 0.3) is 0 Å². The molecule has 0 spiro atoms. The summed E-state index contributed by atoms with van der Waals surface area (Å²) in [6.45, 7) is 1.62. The van der Waals surface area contributed by atoms with E-state index >= 15 is 0 Å². The molecule has 4 nitrogen and oxygen atoms in total. The lowest BCUT2D eigenvalue weighted by Crippen LogP contribution is -2.17. The first kappa shape index (κ1) is 15.3. The number of benzene rings is 1. The summed E-state index contributed by atoms with van der Waals surface area (Å²) < 4.78 is 28.1. The maximum Gasteiger partial charge on any atom is 0.218 e. The minimum atomic E-state index is -3.46. The number of para-hydroxylation sites is 1. The van der Waals surface area contributed by atoms with E-state index in [0.717, 1.165) is 24.0 Å². The van der Waals surface area contributed by atoms with E-state index in [1.54, 1.807) is 23.7 Å². The number of likely N-dealkylation sites (N-methyl/N-ethyl adjacent to an activating group) is 1. The van der Waals surface area contributed by atoms with Crippen LogP contribution < -0.4 is 0 Å². The summed E-state index contributed by atoms with van der Waals surface area (Å²) in [5.74, 6) is 0. The number of nitrogens with zero attached hydrogens (tertiary/aromatic N) is 2. The van der Waals surface area contributed by atoms with Crippen LogP contribution in [0.3, 0.4) is 0 Å². The summed E-state index contributed by atoms with van der Waals surface area (Å²) in [5.41, 5.74) is 0.958. The second-order valence-electron chi connectivity index (χ2n) is 5.44. The number of fused-ring (bicyclic) bond motifs is 1. The fourth-order valence-corrected chi connectivity index (χ4v) is 5.04. The van der Waals surface area contributed by atoms with Crippen LogP contribution in [0.5, 0.6) is 0 Å². The molecular weight excluding hydrogens is 316 g/mol. The van der Waals surface area contributed by atoms with Crippen molar-refractivity contribution in [3.8, 4) is 0 Å². The van der Waals surface area contributed by atoms with Gasteiger partial charge in [0.05, 0.1) is 4.90 Å². The third-order valence-electron chi connectivity index (χ3n) is 3.59. The van der Waals surface area contributed by atoms with Gasteiger partial charge in [0.1, 0.15) is 4.21 Å². The number of hydrogen-bond donors (Lipinski definition) is 0. The highest BCUT2D eigenvalue weighted by atomic mass is 32.2. The van der Waals surface area contributed by atoms with Crippen LogP contribution in [-0.2, 0) is 16.4 Å². The Balaban J connectivity index is 2.15. The van der Waals surface area contributed by atoms with Crippen LogP contribution in [0.4, 0.5) is 0 Å². The molecule has 0 N–H and O–H groups in total. The lowest BCUT2D eigenvalue weighted by molar-refractivity contribution is 0.386. The molecule has 0 bridgehead atoms. The van der Waals surface area contributed by atoms with E-state index in [9.17, 15) is 8.42 Å². The molecule has 0 fully saturated rings. The van der Waals surface area contributed by atoms with Gasteiger partial charge in [0.15, 0.2) is 0 Å². The van der Waals surface area contributed by atoms with E-state index in [1.165, 1.54) is 11.3 Å².